The van der Waals surface area contributed by atoms with Crippen molar-refractivity contribution < 1.29 is 0 Å². The Balaban J connectivity index is 1.49. The second-order valence-electron chi connectivity index (χ2n) is 5.52. The molecule has 2 heterocycles. The molecule has 0 spiro atoms. The summed E-state index contributed by atoms with van der Waals surface area (Å²) in [5, 5.41) is 6.55. The zero-order valence-corrected chi connectivity index (χ0v) is 12.3. The van der Waals surface area contributed by atoms with Crippen LogP contribution in [0.15, 0.2) is 59.8 Å². The van der Waals surface area contributed by atoms with E-state index in [1.807, 2.05) is 30.3 Å². The Bertz CT molecular complexity index is 709. The predicted octanol–water partition coefficient (Wildman–Crippen LogP) is 3.90. The highest BCUT2D eigenvalue weighted by molar-refractivity contribution is 6.30. The molecule has 2 N–H and O–H groups in total. The Morgan fingerprint density at radius 3 is 2.76 bits per heavy atom. The highest BCUT2D eigenvalue weighted by Gasteiger charge is 2.26. The van der Waals surface area contributed by atoms with Crippen LogP contribution >= 0.6 is 11.6 Å². The second-order valence-corrected chi connectivity index (χ2v) is 5.96. The summed E-state index contributed by atoms with van der Waals surface area (Å²) in [6.45, 7) is 1.83. The molecule has 2 aliphatic heterocycles. The Morgan fingerprint density at radius 2 is 1.90 bits per heavy atom. The lowest BCUT2D eigenvalue weighted by Crippen LogP contribution is -2.28. The average Bonchev–Trinajstić information content (AvgIpc) is 2.87. The lowest BCUT2D eigenvalue weighted by Gasteiger charge is -2.20. The van der Waals surface area contributed by atoms with Crippen LogP contribution in [0.4, 0.5) is 11.4 Å². The maximum absolute atomic E-state index is 6.08. The molecule has 2 aromatic carbocycles. The lowest BCUT2D eigenvalue weighted by molar-refractivity contribution is 0.416. The normalized spacial score (nSPS) is 17.2. The first-order chi connectivity index (χ1) is 10.3. The highest BCUT2D eigenvalue weighted by Crippen LogP contribution is 2.33. The van der Waals surface area contributed by atoms with Gasteiger partial charge in [0.15, 0.2) is 0 Å². The summed E-state index contributed by atoms with van der Waals surface area (Å²) in [4.78, 5) is 0. The summed E-state index contributed by atoms with van der Waals surface area (Å²) in [6.07, 6.45) is 1.00. The van der Waals surface area contributed by atoms with Gasteiger partial charge in [0.25, 0.3) is 0 Å². The molecule has 0 aliphatic carbocycles. The predicted molar refractivity (Wildman–Crippen MR) is 87.4 cm³/mol. The maximum atomic E-state index is 6.08. The fourth-order valence-corrected chi connectivity index (χ4v) is 3.13. The molecular weight excluding hydrogens is 282 g/mol. The third-order valence-electron chi connectivity index (χ3n) is 3.98. The maximum Gasteiger partial charge on any atom is 0.0584 e. The van der Waals surface area contributed by atoms with Crippen LogP contribution in [0.25, 0.3) is 0 Å². The van der Waals surface area contributed by atoms with Gasteiger partial charge in [-0.2, -0.15) is 0 Å². The van der Waals surface area contributed by atoms with E-state index in [0.717, 1.165) is 35.9 Å². The number of hydrogen-bond donors (Lipinski definition) is 2. The first-order valence-corrected chi connectivity index (χ1v) is 7.49. The monoisotopic (exact) mass is 297 g/mol. The van der Waals surface area contributed by atoms with Gasteiger partial charge in [0.2, 0.25) is 0 Å². The van der Waals surface area contributed by atoms with E-state index in [4.69, 9.17) is 11.6 Å². The molecule has 4 rings (SSSR count). The van der Waals surface area contributed by atoms with Gasteiger partial charge in [-0.25, -0.2) is 5.01 Å². The number of fused-ring (bicyclic) bond motifs is 1. The molecule has 21 heavy (non-hydrogen) atoms. The number of hydrazine groups is 1. The molecule has 0 saturated carbocycles. The van der Waals surface area contributed by atoms with E-state index in [1.165, 1.54) is 16.8 Å². The minimum atomic E-state index is 0.780. The van der Waals surface area contributed by atoms with E-state index in [2.05, 4.69) is 34.0 Å². The van der Waals surface area contributed by atoms with Crippen molar-refractivity contribution in [3.8, 4) is 0 Å². The van der Waals surface area contributed by atoms with E-state index in [-0.39, 0.29) is 0 Å². The number of benzene rings is 2. The highest BCUT2D eigenvalue weighted by atomic mass is 35.5. The van der Waals surface area contributed by atoms with Gasteiger partial charge in [0.05, 0.1) is 6.54 Å². The van der Waals surface area contributed by atoms with Gasteiger partial charge in [-0.1, -0.05) is 35.9 Å². The fourth-order valence-electron chi connectivity index (χ4n) is 2.96. The number of para-hydroxylation sites is 1. The largest absolute Gasteiger partial charge is 0.357 e. The quantitative estimate of drug-likeness (QED) is 0.880. The number of hydrogen-bond acceptors (Lipinski definition) is 3. The molecular formula is C17H16ClN3. The Hall–Kier alpha value is -1.97. The van der Waals surface area contributed by atoms with Crippen LogP contribution in [-0.2, 0) is 6.42 Å². The molecule has 2 aromatic rings. The molecule has 2 aliphatic rings. The summed E-state index contributed by atoms with van der Waals surface area (Å²) in [6, 6.07) is 16.4. The number of rotatable bonds is 2. The zero-order valence-electron chi connectivity index (χ0n) is 11.6. The molecule has 0 bridgehead atoms. The van der Waals surface area contributed by atoms with Crippen LogP contribution < -0.4 is 10.7 Å². The Labute approximate surface area is 129 Å². The average molecular weight is 298 g/mol. The van der Waals surface area contributed by atoms with Crippen molar-refractivity contribution in [2.45, 2.75) is 6.42 Å². The first kappa shape index (κ1) is 12.7. The van der Waals surface area contributed by atoms with Gasteiger partial charge in [0.1, 0.15) is 0 Å². The van der Waals surface area contributed by atoms with Crippen LogP contribution in [0.5, 0.6) is 0 Å². The molecule has 0 unspecified atom stereocenters. The van der Waals surface area contributed by atoms with E-state index in [1.54, 1.807) is 0 Å². The SMILES string of the molecule is Clc1ccc2c(c1)NC1=C(C2)CN(Nc2ccccc2)C1. The molecule has 3 nitrogen and oxygen atoms in total. The van der Waals surface area contributed by atoms with E-state index < -0.39 is 0 Å². The van der Waals surface area contributed by atoms with Gasteiger partial charge in [-0.05, 0) is 41.8 Å². The van der Waals surface area contributed by atoms with Crippen molar-refractivity contribution in [1.29, 1.82) is 0 Å². The van der Waals surface area contributed by atoms with Crippen molar-refractivity contribution in [2.75, 3.05) is 23.8 Å². The van der Waals surface area contributed by atoms with Crippen LogP contribution in [0.2, 0.25) is 5.02 Å². The van der Waals surface area contributed by atoms with Crippen molar-refractivity contribution in [2.24, 2.45) is 0 Å². The van der Waals surface area contributed by atoms with Crippen molar-refractivity contribution >= 4 is 23.0 Å². The van der Waals surface area contributed by atoms with Crippen LogP contribution in [0.3, 0.4) is 0 Å². The zero-order chi connectivity index (χ0) is 14.2. The Morgan fingerprint density at radius 1 is 1.05 bits per heavy atom. The van der Waals surface area contributed by atoms with Gasteiger partial charge >= 0.3 is 0 Å². The second kappa shape index (κ2) is 5.10. The molecule has 4 heteroatoms. The molecule has 0 radical (unpaired) electrons. The van der Waals surface area contributed by atoms with E-state index >= 15 is 0 Å². The summed E-state index contributed by atoms with van der Waals surface area (Å²) in [7, 11) is 0. The summed E-state index contributed by atoms with van der Waals surface area (Å²) < 4.78 is 0. The van der Waals surface area contributed by atoms with E-state index in [0.29, 0.717) is 0 Å². The third kappa shape index (κ3) is 2.50. The topological polar surface area (TPSA) is 27.3 Å². The number of nitrogens with zero attached hydrogens (tertiary/aromatic N) is 1. The summed E-state index contributed by atoms with van der Waals surface area (Å²) >= 11 is 6.08. The Kier molecular flexibility index (Phi) is 3.09. The van der Waals surface area contributed by atoms with E-state index in [9.17, 15) is 0 Å². The first-order valence-electron chi connectivity index (χ1n) is 7.11. The molecule has 0 atom stereocenters. The molecule has 0 amide bonds. The summed E-state index contributed by atoms with van der Waals surface area (Å²) in [5.41, 5.74) is 9.80. The number of nitrogens with one attached hydrogen (secondary N) is 2. The van der Waals surface area contributed by atoms with Gasteiger partial charge in [-0.15, -0.1) is 0 Å². The van der Waals surface area contributed by atoms with Crippen molar-refractivity contribution in [3.05, 3.63) is 70.4 Å². The number of halogens is 1. The summed E-state index contributed by atoms with van der Waals surface area (Å²) in [5.74, 6) is 0. The van der Waals surface area contributed by atoms with Gasteiger partial charge < -0.3 is 10.7 Å². The van der Waals surface area contributed by atoms with Crippen molar-refractivity contribution in [3.63, 3.8) is 0 Å². The minimum absolute atomic E-state index is 0.780. The standard InChI is InChI=1S/C17H16ClN3/c18-14-7-6-12-8-13-10-21(11-17(13)19-16(12)9-14)20-15-4-2-1-3-5-15/h1-7,9,19-20H,8,10-11H2. The minimum Gasteiger partial charge on any atom is -0.357 e. The van der Waals surface area contributed by atoms with Gasteiger partial charge in [-0.3, -0.25) is 0 Å². The van der Waals surface area contributed by atoms with Crippen LogP contribution in [0.1, 0.15) is 5.56 Å². The smallest absolute Gasteiger partial charge is 0.0584 e. The fraction of sp³-hybridized carbons (Fsp3) is 0.176. The molecule has 0 aromatic heterocycles. The molecule has 0 saturated heterocycles. The van der Waals surface area contributed by atoms with Crippen LogP contribution in [-0.4, -0.2) is 18.1 Å². The third-order valence-corrected chi connectivity index (χ3v) is 4.21. The van der Waals surface area contributed by atoms with Gasteiger partial charge in [0, 0.05) is 28.6 Å². The molecule has 0 fully saturated rings. The number of anilines is 2. The van der Waals surface area contributed by atoms with Crippen molar-refractivity contribution in [1.82, 2.24) is 5.01 Å². The van der Waals surface area contributed by atoms with Crippen LogP contribution in [0, 0.1) is 0 Å². The molecule has 106 valence electrons. The lowest BCUT2D eigenvalue weighted by atomic mass is 9.99.